The fourth-order valence-corrected chi connectivity index (χ4v) is 3.00. The highest BCUT2D eigenvalue weighted by Crippen LogP contribution is 2.28. The molecule has 142 valence electrons. The molecule has 0 aliphatic carbocycles. The minimum Gasteiger partial charge on any atom is -0.442 e. The SMILES string of the molecule is CC(=S)NC[C@H]1CN(c2ccc(N(C)Cc3ccncc3)c(F)c2)C(=O)O1. The molecule has 1 atom stereocenters. The van der Waals surface area contributed by atoms with Crippen LogP contribution in [0, 0.1) is 5.82 Å². The number of hydrogen-bond acceptors (Lipinski definition) is 5. The summed E-state index contributed by atoms with van der Waals surface area (Å²) in [4.78, 5) is 20.0. The maximum absolute atomic E-state index is 14.7. The van der Waals surface area contributed by atoms with Gasteiger partial charge < -0.3 is 15.0 Å². The Bertz CT molecular complexity index is 834. The van der Waals surface area contributed by atoms with E-state index in [1.54, 1.807) is 31.5 Å². The highest BCUT2D eigenvalue weighted by atomic mass is 32.1. The van der Waals surface area contributed by atoms with Crippen molar-refractivity contribution in [1.82, 2.24) is 10.3 Å². The first-order chi connectivity index (χ1) is 12.9. The summed E-state index contributed by atoms with van der Waals surface area (Å²) in [6.45, 7) is 3.10. The quantitative estimate of drug-likeness (QED) is 0.768. The lowest BCUT2D eigenvalue weighted by Gasteiger charge is -2.21. The van der Waals surface area contributed by atoms with Crippen LogP contribution in [0.5, 0.6) is 0 Å². The van der Waals surface area contributed by atoms with Gasteiger partial charge in [-0.15, -0.1) is 0 Å². The van der Waals surface area contributed by atoms with Crippen molar-refractivity contribution in [3.63, 3.8) is 0 Å². The molecule has 2 aromatic rings. The number of ether oxygens (including phenoxy) is 1. The average Bonchev–Trinajstić information content (AvgIpc) is 3.01. The van der Waals surface area contributed by atoms with Gasteiger partial charge in [0, 0.05) is 26.0 Å². The molecule has 3 rings (SSSR count). The van der Waals surface area contributed by atoms with Crippen LogP contribution in [-0.2, 0) is 11.3 Å². The van der Waals surface area contributed by atoms with Crippen LogP contribution in [0.1, 0.15) is 12.5 Å². The summed E-state index contributed by atoms with van der Waals surface area (Å²) in [6, 6.07) is 8.53. The van der Waals surface area contributed by atoms with Gasteiger partial charge in [-0.1, -0.05) is 12.2 Å². The molecule has 1 amide bonds. The second kappa shape index (κ2) is 8.30. The number of hydrogen-bond donors (Lipinski definition) is 1. The minimum absolute atomic E-state index is 0.326. The van der Waals surface area contributed by atoms with Crippen molar-refractivity contribution in [1.29, 1.82) is 0 Å². The largest absolute Gasteiger partial charge is 0.442 e. The molecule has 0 radical (unpaired) electrons. The molecule has 1 aromatic carbocycles. The monoisotopic (exact) mass is 388 g/mol. The normalized spacial score (nSPS) is 16.2. The highest BCUT2D eigenvalue weighted by Gasteiger charge is 2.32. The molecule has 0 saturated carbocycles. The second-order valence-electron chi connectivity index (χ2n) is 6.40. The zero-order chi connectivity index (χ0) is 19.4. The van der Waals surface area contributed by atoms with Gasteiger partial charge in [0.2, 0.25) is 0 Å². The number of carbonyl (C=O) groups excluding carboxylic acids is 1. The first kappa shape index (κ1) is 19.0. The lowest BCUT2D eigenvalue weighted by molar-refractivity contribution is 0.143. The molecule has 8 heteroatoms. The fraction of sp³-hybridized carbons (Fsp3) is 0.316. The summed E-state index contributed by atoms with van der Waals surface area (Å²) in [6.07, 6.45) is 2.60. The summed E-state index contributed by atoms with van der Waals surface area (Å²) >= 11 is 4.96. The van der Waals surface area contributed by atoms with Crippen LogP contribution in [0.4, 0.5) is 20.6 Å². The standard InChI is InChI=1S/C19H21FN4O2S/c1-13(27)22-10-16-12-24(19(25)26-16)15-3-4-18(17(20)9-15)23(2)11-14-5-7-21-8-6-14/h3-9,16H,10-12H2,1-2H3,(H,22,27)/t16-/m0/s1. The molecule has 1 aromatic heterocycles. The number of rotatable bonds is 6. The van der Waals surface area contributed by atoms with Crippen molar-refractivity contribution >= 4 is 34.7 Å². The van der Waals surface area contributed by atoms with Crippen molar-refractivity contribution in [3.05, 3.63) is 54.1 Å². The van der Waals surface area contributed by atoms with Gasteiger partial charge in [0.25, 0.3) is 0 Å². The smallest absolute Gasteiger partial charge is 0.414 e. The third kappa shape index (κ3) is 4.71. The van der Waals surface area contributed by atoms with Crippen molar-refractivity contribution in [2.45, 2.75) is 19.6 Å². The molecule has 1 saturated heterocycles. The lowest BCUT2D eigenvalue weighted by Crippen LogP contribution is -2.32. The van der Waals surface area contributed by atoms with E-state index >= 15 is 0 Å². The van der Waals surface area contributed by atoms with Crippen molar-refractivity contribution < 1.29 is 13.9 Å². The topological polar surface area (TPSA) is 57.7 Å². The van der Waals surface area contributed by atoms with Gasteiger partial charge in [0.05, 0.1) is 29.5 Å². The Balaban J connectivity index is 1.69. The maximum atomic E-state index is 14.7. The van der Waals surface area contributed by atoms with E-state index in [4.69, 9.17) is 17.0 Å². The Kier molecular flexibility index (Phi) is 5.85. The van der Waals surface area contributed by atoms with E-state index in [0.29, 0.717) is 36.0 Å². The number of nitrogens with one attached hydrogen (secondary N) is 1. The van der Waals surface area contributed by atoms with E-state index in [1.807, 2.05) is 24.1 Å². The predicted octanol–water partition coefficient (Wildman–Crippen LogP) is 3.12. The van der Waals surface area contributed by atoms with Gasteiger partial charge in [-0.3, -0.25) is 9.88 Å². The van der Waals surface area contributed by atoms with Crippen LogP contribution in [0.2, 0.25) is 0 Å². The molecule has 0 unspecified atom stereocenters. The van der Waals surface area contributed by atoms with E-state index in [2.05, 4.69) is 10.3 Å². The second-order valence-corrected chi connectivity index (χ2v) is 7.01. The van der Waals surface area contributed by atoms with Crippen LogP contribution in [0.25, 0.3) is 0 Å². The number of carbonyl (C=O) groups is 1. The highest BCUT2D eigenvalue weighted by molar-refractivity contribution is 7.80. The van der Waals surface area contributed by atoms with Crippen LogP contribution < -0.4 is 15.1 Å². The lowest BCUT2D eigenvalue weighted by atomic mass is 10.2. The third-order valence-corrected chi connectivity index (χ3v) is 4.42. The first-order valence-corrected chi connectivity index (χ1v) is 8.97. The Labute approximate surface area is 162 Å². The molecule has 0 spiro atoms. The van der Waals surface area contributed by atoms with E-state index < -0.39 is 11.9 Å². The molecule has 27 heavy (non-hydrogen) atoms. The van der Waals surface area contributed by atoms with Crippen molar-refractivity contribution in [2.75, 3.05) is 29.9 Å². The van der Waals surface area contributed by atoms with Gasteiger partial charge in [-0.2, -0.15) is 0 Å². The number of amides is 1. The minimum atomic E-state index is -0.485. The number of halogens is 1. The number of cyclic esters (lactones) is 1. The van der Waals surface area contributed by atoms with E-state index in [0.717, 1.165) is 5.56 Å². The molecule has 1 aliphatic heterocycles. The van der Waals surface area contributed by atoms with Crippen molar-refractivity contribution in [2.24, 2.45) is 0 Å². The zero-order valence-electron chi connectivity index (χ0n) is 15.2. The molecule has 0 bridgehead atoms. The summed E-state index contributed by atoms with van der Waals surface area (Å²) in [5, 5.41) is 2.98. The zero-order valence-corrected chi connectivity index (χ0v) is 16.0. The molecule has 1 aliphatic rings. The van der Waals surface area contributed by atoms with Gasteiger partial charge in [-0.25, -0.2) is 9.18 Å². The molecule has 1 fully saturated rings. The molecule has 2 heterocycles. The Morgan fingerprint density at radius 3 is 2.81 bits per heavy atom. The Morgan fingerprint density at radius 2 is 2.15 bits per heavy atom. The number of aromatic nitrogens is 1. The van der Waals surface area contributed by atoms with Crippen LogP contribution >= 0.6 is 12.2 Å². The maximum Gasteiger partial charge on any atom is 0.414 e. The summed E-state index contributed by atoms with van der Waals surface area (Å²) in [7, 11) is 1.82. The molecular formula is C19H21FN4O2S. The Morgan fingerprint density at radius 1 is 1.41 bits per heavy atom. The van der Waals surface area contributed by atoms with Crippen molar-refractivity contribution in [3.8, 4) is 0 Å². The number of anilines is 2. The summed E-state index contributed by atoms with van der Waals surface area (Å²) in [5.41, 5.74) is 1.96. The number of nitrogens with zero attached hydrogens (tertiary/aromatic N) is 3. The summed E-state index contributed by atoms with van der Waals surface area (Å²) in [5.74, 6) is -0.395. The molecule has 1 N–H and O–H groups in total. The van der Waals surface area contributed by atoms with Crippen LogP contribution in [-0.4, -0.2) is 42.3 Å². The van der Waals surface area contributed by atoms with Gasteiger partial charge in [-0.05, 0) is 42.8 Å². The number of pyridine rings is 1. The summed E-state index contributed by atoms with van der Waals surface area (Å²) < 4.78 is 20.0. The molecule has 6 nitrogen and oxygen atoms in total. The average molecular weight is 388 g/mol. The number of benzene rings is 1. The van der Waals surface area contributed by atoms with E-state index in [9.17, 15) is 9.18 Å². The van der Waals surface area contributed by atoms with Gasteiger partial charge >= 0.3 is 6.09 Å². The Hall–Kier alpha value is -2.74. The van der Waals surface area contributed by atoms with E-state index in [-0.39, 0.29) is 6.10 Å². The van der Waals surface area contributed by atoms with Gasteiger partial charge in [0.1, 0.15) is 11.9 Å². The molecular weight excluding hydrogens is 367 g/mol. The van der Waals surface area contributed by atoms with E-state index in [1.165, 1.54) is 11.0 Å². The van der Waals surface area contributed by atoms with Crippen LogP contribution in [0.3, 0.4) is 0 Å². The first-order valence-electron chi connectivity index (χ1n) is 8.56. The fourth-order valence-electron chi connectivity index (χ4n) is 2.92. The number of thiocarbonyl (C=S) groups is 1. The van der Waals surface area contributed by atoms with Gasteiger partial charge in [0.15, 0.2) is 0 Å². The predicted molar refractivity (Wildman–Crippen MR) is 107 cm³/mol. The van der Waals surface area contributed by atoms with Crippen LogP contribution in [0.15, 0.2) is 42.7 Å². The third-order valence-electron chi connectivity index (χ3n) is 4.28.